The zero-order valence-corrected chi connectivity index (χ0v) is 8.98. The Morgan fingerprint density at radius 2 is 1.67 bits per heavy atom. The zero-order valence-electron chi connectivity index (χ0n) is 8.98. The van der Waals surface area contributed by atoms with E-state index in [2.05, 4.69) is 35.8 Å². The fourth-order valence-corrected chi connectivity index (χ4v) is 1.51. The van der Waals surface area contributed by atoms with E-state index in [-0.39, 0.29) is 6.04 Å². The first kappa shape index (κ1) is 11.4. The summed E-state index contributed by atoms with van der Waals surface area (Å²) in [4.78, 5) is 2.09. The Balaban J connectivity index is 2.77. The van der Waals surface area contributed by atoms with Crippen molar-refractivity contribution in [3.05, 3.63) is 35.9 Å². The Hall–Kier alpha value is -1.70. The summed E-state index contributed by atoms with van der Waals surface area (Å²) in [5.41, 5.74) is 1.24. The van der Waals surface area contributed by atoms with Crippen LogP contribution in [0.1, 0.15) is 18.5 Å². The van der Waals surface area contributed by atoms with E-state index in [9.17, 15) is 0 Å². The van der Waals surface area contributed by atoms with Crippen molar-refractivity contribution in [1.29, 1.82) is 0 Å². The number of benzene rings is 1. The summed E-state index contributed by atoms with van der Waals surface area (Å²) in [5.74, 6) is 5.27. The van der Waals surface area contributed by atoms with E-state index in [4.69, 9.17) is 12.8 Å². The molecule has 0 aromatic heterocycles. The standard InChI is InChI=1S/C14H15N/c1-4-11-15(12-5-2)13(3)14-9-7-6-8-10-14/h1-2,6-10,13H,11-12H2,3H3/t13-/m1/s1. The van der Waals surface area contributed by atoms with Crippen molar-refractivity contribution in [3.8, 4) is 24.7 Å². The second-order valence-corrected chi connectivity index (χ2v) is 3.40. The van der Waals surface area contributed by atoms with Crippen LogP contribution >= 0.6 is 0 Å². The van der Waals surface area contributed by atoms with Crippen molar-refractivity contribution >= 4 is 0 Å². The molecular weight excluding hydrogens is 182 g/mol. The van der Waals surface area contributed by atoms with Gasteiger partial charge in [-0.25, -0.2) is 0 Å². The molecule has 0 N–H and O–H groups in total. The summed E-state index contributed by atoms with van der Waals surface area (Å²) in [6.45, 7) is 3.28. The largest absolute Gasteiger partial charge is 0.274 e. The van der Waals surface area contributed by atoms with Crippen LogP contribution in [0.4, 0.5) is 0 Å². The summed E-state index contributed by atoms with van der Waals surface area (Å²) in [6.07, 6.45) is 10.6. The minimum Gasteiger partial charge on any atom is -0.274 e. The highest BCUT2D eigenvalue weighted by atomic mass is 15.1. The molecule has 1 rings (SSSR count). The SMILES string of the molecule is C#CCN(CC#C)[C@H](C)c1ccccc1. The quantitative estimate of drug-likeness (QED) is 0.669. The minimum absolute atomic E-state index is 0.262. The lowest BCUT2D eigenvalue weighted by atomic mass is 10.1. The Bertz CT molecular complexity index is 351. The van der Waals surface area contributed by atoms with Gasteiger partial charge in [0, 0.05) is 6.04 Å². The molecule has 0 amide bonds. The van der Waals surface area contributed by atoms with Gasteiger partial charge in [-0.2, -0.15) is 0 Å². The van der Waals surface area contributed by atoms with E-state index in [0.717, 1.165) is 0 Å². The van der Waals surface area contributed by atoms with E-state index < -0.39 is 0 Å². The maximum atomic E-state index is 5.32. The van der Waals surface area contributed by atoms with Crippen LogP contribution in [-0.2, 0) is 0 Å². The molecule has 1 aromatic rings. The van der Waals surface area contributed by atoms with Crippen LogP contribution in [0.5, 0.6) is 0 Å². The third-order valence-corrected chi connectivity index (χ3v) is 2.42. The van der Waals surface area contributed by atoms with Crippen molar-refractivity contribution < 1.29 is 0 Å². The lowest BCUT2D eigenvalue weighted by Gasteiger charge is -2.25. The molecule has 0 aliphatic heterocycles. The summed E-state index contributed by atoms with van der Waals surface area (Å²) in [5, 5.41) is 0. The molecule has 76 valence electrons. The van der Waals surface area contributed by atoms with Gasteiger partial charge in [0.1, 0.15) is 0 Å². The molecule has 0 saturated carbocycles. The third kappa shape index (κ3) is 3.17. The zero-order chi connectivity index (χ0) is 11.1. The van der Waals surface area contributed by atoms with Crippen molar-refractivity contribution in [1.82, 2.24) is 4.90 Å². The summed E-state index contributed by atoms with van der Waals surface area (Å²) >= 11 is 0. The van der Waals surface area contributed by atoms with Gasteiger partial charge in [0.15, 0.2) is 0 Å². The molecule has 0 saturated heterocycles. The molecule has 0 radical (unpaired) electrons. The topological polar surface area (TPSA) is 3.24 Å². The van der Waals surface area contributed by atoms with Crippen molar-refractivity contribution in [2.45, 2.75) is 13.0 Å². The Labute approximate surface area is 92.1 Å². The number of terminal acetylenes is 2. The predicted octanol–water partition coefficient (Wildman–Crippen LogP) is 2.32. The van der Waals surface area contributed by atoms with Gasteiger partial charge in [0.25, 0.3) is 0 Å². The maximum absolute atomic E-state index is 5.32. The normalized spacial score (nSPS) is 11.7. The first-order valence-corrected chi connectivity index (χ1v) is 4.95. The van der Waals surface area contributed by atoms with Gasteiger partial charge >= 0.3 is 0 Å². The van der Waals surface area contributed by atoms with Crippen LogP contribution in [-0.4, -0.2) is 18.0 Å². The summed E-state index contributed by atoms with van der Waals surface area (Å²) in [6, 6.07) is 10.5. The molecule has 1 nitrogen and oxygen atoms in total. The second-order valence-electron chi connectivity index (χ2n) is 3.40. The van der Waals surface area contributed by atoms with Gasteiger partial charge in [0.2, 0.25) is 0 Å². The van der Waals surface area contributed by atoms with E-state index in [1.165, 1.54) is 5.56 Å². The molecule has 1 heteroatoms. The number of hydrogen-bond donors (Lipinski definition) is 0. The maximum Gasteiger partial charge on any atom is 0.0613 e. The van der Waals surface area contributed by atoms with Crippen LogP contribution in [0.15, 0.2) is 30.3 Å². The average Bonchev–Trinajstić information content (AvgIpc) is 2.29. The lowest BCUT2D eigenvalue weighted by molar-refractivity contribution is 0.268. The minimum atomic E-state index is 0.262. The fourth-order valence-electron chi connectivity index (χ4n) is 1.51. The molecule has 0 unspecified atom stereocenters. The molecule has 0 fully saturated rings. The second kappa shape index (κ2) is 5.91. The molecule has 0 spiro atoms. The van der Waals surface area contributed by atoms with Gasteiger partial charge in [-0.3, -0.25) is 4.90 Å². The molecule has 0 bridgehead atoms. The number of hydrogen-bond acceptors (Lipinski definition) is 1. The Morgan fingerprint density at radius 1 is 1.13 bits per heavy atom. The molecule has 0 aliphatic rings. The summed E-state index contributed by atoms with van der Waals surface area (Å²) < 4.78 is 0. The predicted molar refractivity (Wildman–Crippen MR) is 64.1 cm³/mol. The molecule has 0 aliphatic carbocycles. The van der Waals surface area contributed by atoms with E-state index >= 15 is 0 Å². The highest BCUT2D eigenvalue weighted by Gasteiger charge is 2.12. The van der Waals surface area contributed by atoms with Gasteiger partial charge in [0.05, 0.1) is 13.1 Å². The van der Waals surface area contributed by atoms with Crippen LogP contribution < -0.4 is 0 Å². The van der Waals surface area contributed by atoms with Crippen molar-refractivity contribution in [3.63, 3.8) is 0 Å². The highest BCUT2D eigenvalue weighted by Crippen LogP contribution is 2.18. The summed E-state index contributed by atoms with van der Waals surface area (Å²) in [7, 11) is 0. The molecule has 1 aromatic carbocycles. The van der Waals surface area contributed by atoms with Crippen molar-refractivity contribution in [2.24, 2.45) is 0 Å². The van der Waals surface area contributed by atoms with Gasteiger partial charge in [-0.05, 0) is 12.5 Å². The molecular formula is C14H15N. The Morgan fingerprint density at radius 3 is 2.13 bits per heavy atom. The van der Waals surface area contributed by atoms with Crippen LogP contribution in [0.2, 0.25) is 0 Å². The van der Waals surface area contributed by atoms with E-state index in [0.29, 0.717) is 13.1 Å². The third-order valence-electron chi connectivity index (χ3n) is 2.42. The van der Waals surface area contributed by atoms with Crippen LogP contribution in [0, 0.1) is 24.7 Å². The fraction of sp³-hybridized carbons (Fsp3) is 0.286. The Kier molecular flexibility index (Phi) is 4.48. The first-order valence-electron chi connectivity index (χ1n) is 4.95. The average molecular weight is 197 g/mol. The number of rotatable bonds is 4. The number of nitrogens with zero attached hydrogens (tertiary/aromatic N) is 1. The monoisotopic (exact) mass is 197 g/mol. The van der Waals surface area contributed by atoms with Crippen molar-refractivity contribution in [2.75, 3.05) is 13.1 Å². The van der Waals surface area contributed by atoms with Gasteiger partial charge < -0.3 is 0 Å². The van der Waals surface area contributed by atoms with Gasteiger partial charge in [-0.1, -0.05) is 42.2 Å². The molecule has 15 heavy (non-hydrogen) atoms. The highest BCUT2D eigenvalue weighted by molar-refractivity contribution is 5.19. The molecule has 1 atom stereocenters. The van der Waals surface area contributed by atoms with Gasteiger partial charge in [-0.15, -0.1) is 12.8 Å². The first-order chi connectivity index (χ1) is 7.29. The smallest absolute Gasteiger partial charge is 0.0613 e. The van der Waals surface area contributed by atoms with E-state index in [1.807, 2.05) is 18.2 Å². The van der Waals surface area contributed by atoms with Crippen LogP contribution in [0.3, 0.4) is 0 Å². The van der Waals surface area contributed by atoms with E-state index in [1.54, 1.807) is 0 Å². The molecule has 0 heterocycles. The lowest BCUT2D eigenvalue weighted by Crippen LogP contribution is -2.27. The van der Waals surface area contributed by atoms with Crippen LogP contribution in [0.25, 0.3) is 0 Å².